The highest BCUT2D eigenvalue weighted by atomic mass is 35.5. The van der Waals surface area contributed by atoms with Gasteiger partial charge in [0.1, 0.15) is 5.01 Å². The second-order valence-corrected chi connectivity index (χ2v) is 7.48. The minimum atomic E-state index is -0.714. The second-order valence-electron chi connectivity index (χ2n) is 6.12. The van der Waals surface area contributed by atoms with Gasteiger partial charge in [-0.25, -0.2) is 4.39 Å². The molecule has 0 aliphatic rings. The molecule has 0 aliphatic carbocycles. The predicted molar refractivity (Wildman–Crippen MR) is 108 cm³/mol. The molecule has 1 amide bonds. The third-order valence-corrected chi connectivity index (χ3v) is 5.45. The number of anilines is 1. The van der Waals surface area contributed by atoms with E-state index in [9.17, 15) is 9.18 Å². The van der Waals surface area contributed by atoms with E-state index >= 15 is 0 Å². The standard InChI is InChI=1S/C20H19ClFN3OS/c1-3-4-12-25(19(26)15-10-7-11-16(21)17(15)22)20-24-23-18(27-20)14-9-6-5-8-13(14)2/h5-11H,3-4,12H2,1-2H3. The third-order valence-electron chi connectivity index (χ3n) is 4.18. The first-order valence-electron chi connectivity index (χ1n) is 8.68. The average molecular weight is 404 g/mol. The second kappa shape index (κ2) is 8.59. The Morgan fingerprint density at radius 1 is 1.19 bits per heavy atom. The fourth-order valence-corrected chi connectivity index (χ4v) is 3.80. The van der Waals surface area contributed by atoms with Crippen LogP contribution in [0.4, 0.5) is 9.52 Å². The Balaban J connectivity index is 1.97. The van der Waals surface area contributed by atoms with E-state index in [0.29, 0.717) is 11.7 Å². The number of halogens is 2. The van der Waals surface area contributed by atoms with E-state index < -0.39 is 11.7 Å². The van der Waals surface area contributed by atoms with Crippen LogP contribution in [-0.2, 0) is 0 Å². The molecule has 0 spiro atoms. The van der Waals surface area contributed by atoms with Crippen LogP contribution >= 0.6 is 22.9 Å². The quantitative estimate of drug-likeness (QED) is 0.526. The lowest BCUT2D eigenvalue weighted by molar-refractivity contribution is 0.0982. The number of hydrogen-bond acceptors (Lipinski definition) is 4. The zero-order chi connectivity index (χ0) is 19.4. The number of aromatic nitrogens is 2. The molecular formula is C20H19ClFN3OS. The van der Waals surface area contributed by atoms with Gasteiger partial charge in [-0.1, -0.05) is 66.6 Å². The first kappa shape index (κ1) is 19.5. The summed E-state index contributed by atoms with van der Waals surface area (Å²) in [5, 5.41) is 9.55. The van der Waals surface area contributed by atoms with Gasteiger partial charge in [-0.3, -0.25) is 9.69 Å². The smallest absolute Gasteiger partial charge is 0.263 e. The highest BCUT2D eigenvalue weighted by molar-refractivity contribution is 7.18. The van der Waals surface area contributed by atoms with E-state index in [1.54, 1.807) is 6.07 Å². The molecule has 4 nitrogen and oxygen atoms in total. The summed E-state index contributed by atoms with van der Waals surface area (Å²) in [6.07, 6.45) is 1.67. The van der Waals surface area contributed by atoms with Crippen LogP contribution in [0.2, 0.25) is 5.02 Å². The lowest BCUT2D eigenvalue weighted by atomic mass is 10.1. The van der Waals surface area contributed by atoms with E-state index in [1.807, 2.05) is 38.1 Å². The average Bonchev–Trinajstić information content (AvgIpc) is 3.14. The van der Waals surface area contributed by atoms with Crippen molar-refractivity contribution in [1.29, 1.82) is 0 Å². The zero-order valence-electron chi connectivity index (χ0n) is 15.1. The maximum atomic E-state index is 14.4. The van der Waals surface area contributed by atoms with Gasteiger partial charge in [-0.2, -0.15) is 0 Å². The number of unbranched alkanes of at least 4 members (excludes halogenated alkanes) is 1. The first-order valence-corrected chi connectivity index (χ1v) is 9.87. The molecule has 1 heterocycles. The predicted octanol–water partition coefficient (Wildman–Crippen LogP) is 5.75. The highest BCUT2D eigenvalue weighted by Gasteiger charge is 2.25. The Bertz CT molecular complexity index is 960. The van der Waals surface area contributed by atoms with Crippen molar-refractivity contribution in [2.24, 2.45) is 0 Å². The molecule has 0 saturated carbocycles. The lowest BCUT2D eigenvalue weighted by Gasteiger charge is -2.19. The molecule has 0 radical (unpaired) electrons. The van der Waals surface area contributed by atoms with Crippen LogP contribution in [0.25, 0.3) is 10.6 Å². The van der Waals surface area contributed by atoms with Crippen LogP contribution in [0.1, 0.15) is 35.7 Å². The summed E-state index contributed by atoms with van der Waals surface area (Å²) in [5.41, 5.74) is 1.98. The SMILES string of the molecule is CCCCN(C(=O)c1cccc(Cl)c1F)c1nnc(-c2ccccc2C)s1. The summed E-state index contributed by atoms with van der Waals surface area (Å²) >= 11 is 7.16. The lowest BCUT2D eigenvalue weighted by Crippen LogP contribution is -2.32. The molecule has 27 heavy (non-hydrogen) atoms. The summed E-state index contributed by atoms with van der Waals surface area (Å²) in [6.45, 7) is 4.46. The molecule has 3 aromatic rings. The fraction of sp³-hybridized carbons (Fsp3) is 0.250. The van der Waals surface area contributed by atoms with E-state index in [-0.39, 0.29) is 10.6 Å². The molecule has 0 unspecified atom stereocenters. The molecular weight excluding hydrogens is 385 g/mol. The van der Waals surface area contributed by atoms with Crippen LogP contribution in [0, 0.1) is 12.7 Å². The van der Waals surface area contributed by atoms with Gasteiger partial charge in [0.25, 0.3) is 5.91 Å². The summed E-state index contributed by atoms with van der Waals surface area (Å²) in [6, 6.07) is 12.3. The van der Waals surface area contributed by atoms with Gasteiger partial charge in [0, 0.05) is 12.1 Å². The van der Waals surface area contributed by atoms with Crippen LogP contribution in [0.15, 0.2) is 42.5 Å². The van der Waals surface area contributed by atoms with Crippen molar-refractivity contribution >= 4 is 34.0 Å². The van der Waals surface area contributed by atoms with Crippen molar-refractivity contribution in [3.05, 3.63) is 64.4 Å². The summed E-state index contributed by atoms with van der Waals surface area (Å²) in [7, 11) is 0. The number of hydrogen-bond donors (Lipinski definition) is 0. The Hall–Kier alpha value is -2.31. The molecule has 0 N–H and O–H groups in total. The van der Waals surface area contributed by atoms with Gasteiger partial charge in [0.15, 0.2) is 5.82 Å². The molecule has 0 bridgehead atoms. The highest BCUT2D eigenvalue weighted by Crippen LogP contribution is 2.32. The zero-order valence-corrected chi connectivity index (χ0v) is 16.6. The van der Waals surface area contributed by atoms with E-state index in [4.69, 9.17) is 11.6 Å². The Morgan fingerprint density at radius 3 is 2.70 bits per heavy atom. The van der Waals surface area contributed by atoms with Crippen LogP contribution in [0.3, 0.4) is 0 Å². The van der Waals surface area contributed by atoms with Gasteiger partial charge in [-0.15, -0.1) is 10.2 Å². The molecule has 0 fully saturated rings. The van der Waals surface area contributed by atoms with Crippen molar-refractivity contribution in [1.82, 2.24) is 10.2 Å². The maximum Gasteiger partial charge on any atom is 0.263 e. The number of aryl methyl sites for hydroxylation is 1. The van der Waals surface area contributed by atoms with Gasteiger partial charge in [0.2, 0.25) is 5.13 Å². The number of carbonyl (C=O) groups excluding carboxylic acids is 1. The maximum absolute atomic E-state index is 14.4. The monoisotopic (exact) mass is 403 g/mol. The van der Waals surface area contributed by atoms with E-state index in [0.717, 1.165) is 29.0 Å². The van der Waals surface area contributed by atoms with Gasteiger partial charge in [0.05, 0.1) is 10.6 Å². The topological polar surface area (TPSA) is 46.1 Å². The minimum Gasteiger partial charge on any atom is -0.282 e. The van der Waals surface area contributed by atoms with Crippen LogP contribution in [-0.4, -0.2) is 22.6 Å². The van der Waals surface area contributed by atoms with E-state index in [1.165, 1.54) is 28.4 Å². The number of amides is 1. The first-order chi connectivity index (χ1) is 13.0. The number of carbonyl (C=O) groups is 1. The van der Waals surface area contributed by atoms with Crippen molar-refractivity contribution in [3.8, 4) is 10.6 Å². The number of nitrogens with zero attached hydrogens (tertiary/aromatic N) is 3. The Labute approximate surface area is 166 Å². The van der Waals surface area contributed by atoms with Gasteiger partial charge < -0.3 is 0 Å². The van der Waals surface area contributed by atoms with Gasteiger partial charge >= 0.3 is 0 Å². The molecule has 0 aliphatic heterocycles. The molecule has 2 aromatic carbocycles. The Morgan fingerprint density at radius 2 is 1.96 bits per heavy atom. The third kappa shape index (κ3) is 4.17. The molecule has 0 atom stereocenters. The summed E-state index contributed by atoms with van der Waals surface area (Å²) in [4.78, 5) is 14.5. The number of rotatable bonds is 6. The molecule has 0 saturated heterocycles. The molecule has 7 heteroatoms. The van der Waals surface area contributed by atoms with Crippen molar-refractivity contribution in [2.75, 3.05) is 11.4 Å². The van der Waals surface area contributed by atoms with Crippen LogP contribution < -0.4 is 4.90 Å². The largest absolute Gasteiger partial charge is 0.282 e. The fourth-order valence-electron chi connectivity index (χ4n) is 2.66. The normalized spacial score (nSPS) is 10.8. The van der Waals surface area contributed by atoms with Gasteiger partial charge in [-0.05, 0) is 31.0 Å². The Kier molecular flexibility index (Phi) is 6.19. The molecule has 140 valence electrons. The summed E-state index contributed by atoms with van der Waals surface area (Å²) in [5.74, 6) is -1.18. The van der Waals surface area contributed by atoms with Crippen molar-refractivity contribution in [3.63, 3.8) is 0 Å². The van der Waals surface area contributed by atoms with Crippen LogP contribution in [0.5, 0.6) is 0 Å². The number of benzene rings is 2. The molecule has 3 rings (SSSR count). The minimum absolute atomic E-state index is 0.0637. The summed E-state index contributed by atoms with van der Waals surface area (Å²) < 4.78 is 14.4. The van der Waals surface area contributed by atoms with Crippen molar-refractivity contribution in [2.45, 2.75) is 26.7 Å². The van der Waals surface area contributed by atoms with Crippen molar-refractivity contribution < 1.29 is 9.18 Å². The molecule has 1 aromatic heterocycles. The van der Waals surface area contributed by atoms with E-state index in [2.05, 4.69) is 10.2 Å².